The predicted octanol–water partition coefficient (Wildman–Crippen LogP) is 4.55. The van der Waals surface area contributed by atoms with E-state index in [0.717, 1.165) is 5.69 Å². The molecule has 1 amide bonds. The van der Waals surface area contributed by atoms with Gasteiger partial charge in [0, 0.05) is 18.8 Å². The molecule has 4 rings (SSSR count). The van der Waals surface area contributed by atoms with Crippen LogP contribution in [0, 0.1) is 0 Å². The summed E-state index contributed by atoms with van der Waals surface area (Å²) in [5.74, 6) is 0.949. The van der Waals surface area contributed by atoms with E-state index in [4.69, 9.17) is 14.5 Å². The largest absolute Gasteiger partial charge is 0.497 e. The molecule has 34 heavy (non-hydrogen) atoms. The average Bonchev–Trinajstić information content (AvgIpc) is 2.88. The number of hydrogen-bond donors (Lipinski definition) is 0. The topological polar surface area (TPSA) is 73.7 Å². The third-order valence-corrected chi connectivity index (χ3v) is 6.52. The molecule has 1 atom stereocenters. The third kappa shape index (κ3) is 4.49. The van der Waals surface area contributed by atoms with E-state index in [1.54, 1.807) is 69.5 Å². The number of ether oxygens (including phenoxy) is 2. The maximum absolute atomic E-state index is 13.6. The van der Waals surface area contributed by atoms with Crippen molar-refractivity contribution in [2.45, 2.75) is 17.3 Å². The van der Waals surface area contributed by atoms with E-state index in [2.05, 4.69) is 0 Å². The summed E-state index contributed by atoms with van der Waals surface area (Å²) >= 11 is 1.22. The van der Waals surface area contributed by atoms with Crippen LogP contribution in [0.1, 0.15) is 6.92 Å². The molecule has 0 saturated carbocycles. The Morgan fingerprint density at radius 1 is 1.00 bits per heavy atom. The van der Waals surface area contributed by atoms with Crippen molar-refractivity contribution in [1.82, 2.24) is 9.55 Å². The predicted molar refractivity (Wildman–Crippen MR) is 136 cm³/mol. The fourth-order valence-corrected chi connectivity index (χ4v) is 4.65. The first-order chi connectivity index (χ1) is 16.4. The van der Waals surface area contributed by atoms with Gasteiger partial charge in [0.25, 0.3) is 5.56 Å². The molecule has 0 radical (unpaired) electrons. The minimum absolute atomic E-state index is 0.109. The summed E-state index contributed by atoms with van der Waals surface area (Å²) < 4.78 is 12.4. The minimum atomic E-state index is -0.513. The van der Waals surface area contributed by atoms with E-state index >= 15 is 0 Å². The second-order valence-corrected chi connectivity index (χ2v) is 8.89. The molecule has 0 N–H and O–H groups in total. The zero-order valence-corrected chi connectivity index (χ0v) is 20.2. The number of hydrogen-bond acceptors (Lipinski definition) is 6. The summed E-state index contributed by atoms with van der Waals surface area (Å²) in [6, 6.07) is 21.8. The Morgan fingerprint density at radius 3 is 2.41 bits per heavy atom. The van der Waals surface area contributed by atoms with Crippen molar-refractivity contribution >= 4 is 34.3 Å². The van der Waals surface area contributed by atoms with Crippen LogP contribution in [0.15, 0.2) is 82.7 Å². The standard InChI is InChI=1S/C26H25N3O4S/c1-17(24(30)28(2)18-10-6-5-7-11-18)34-26-27-21-13-9-8-12-20(21)25(31)29(26)22-16-19(32-3)14-15-23(22)33-4/h5-17H,1-4H3/t17-/m0/s1. The van der Waals surface area contributed by atoms with Crippen molar-refractivity contribution in [3.05, 3.63) is 83.2 Å². The van der Waals surface area contributed by atoms with Gasteiger partial charge in [-0.25, -0.2) is 4.98 Å². The van der Waals surface area contributed by atoms with Crippen LogP contribution in [-0.2, 0) is 4.79 Å². The molecule has 0 aliphatic heterocycles. The number of aromatic nitrogens is 2. The van der Waals surface area contributed by atoms with Crippen LogP contribution in [-0.4, -0.2) is 42.0 Å². The quantitative estimate of drug-likeness (QED) is 0.289. The zero-order valence-electron chi connectivity index (χ0n) is 19.4. The number of benzene rings is 3. The number of fused-ring (bicyclic) bond motifs is 1. The van der Waals surface area contributed by atoms with Gasteiger partial charge in [-0.2, -0.15) is 0 Å². The number of nitrogens with zero attached hydrogens (tertiary/aromatic N) is 3. The maximum atomic E-state index is 13.6. The minimum Gasteiger partial charge on any atom is -0.497 e. The number of carbonyl (C=O) groups excluding carboxylic acids is 1. The van der Waals surface area contributed by atoms with Crippen LogP contribution in [0.4, 0.5) is 5.69 Å². The second-order valence-electron chi connectivity index (χ2n) is 7.58. The molecule has 174 valence electrons. The molecule has 1 aromatic heterocycles. The van der Waals surface area contributed by atoms with Gasteiger partial charge < -0.3 is 14.4 Å². The number of thioether (sulfide) groups is 1. The van der Waals surface area contributed by atoms with Crippen LogP contribution < -0.4 is 19.9 Å². The van der Waals surface area contributed by atoms with Crippen LogP contribution >= 0.6 is 11.8 Å². The summed E-state index contributed by atoms with van der Waals surface area (Å²) in [5.41, 5.74) is 1.59. The van der Waals surface area contributed by atoms with Crippen molar-refractivity contribution in [2.75, 3.05) is 26.2 Å². The molecule has 1 heterocycles. The number of methoxy groups -OCH3 is 2. The zero-order chi connectivity index (χ0) is 24.2. The maximum Gasteiger partial charge on any atom is 0.266 e. The molecule has 7 nitrogen and oxygen atoms in total. The van der Waals surface area contributed by atoms with Gasteiger partial charge in [0.1, 0.15) is 11.5 Å². The molecule has 0 fully saturated rings. The number of carbonyl (C=O) groups is 1. The van der Waals surface area contributed by atoms with Crippen molar-refractivity contribution in [2.24, 2.45) is 0 Å². The van der Waals surface area contributed by atoms with Gasteiger partial charge in [-0.15, -0.1) is 0 Å². The Morgan fingerprint density at radius 2 is 1.71 bits per heavy atom. The molecule has 0 unspecified atom stereocenters. The van der Waals surface area contributed by atoms with Gasteiger partial charge in [0.05, 0.1) is 36.1 Å². The average molecular weight is 476 g/mol. The summed E-state index contributed by atoms with van der Waals surface area (Å²) in [4.78, 5) is 33.2. The van der Waals surface area contributed by atoms with Crippen LogP contribution in [0.25, 0.3) is 16.6 Å². The van der Waals surface area contributed by atoms with Gasteiger partial charge in [0.2, 0.25) is 5.91 Å². The molecule has 0 saturated heterocycles. The molecule has 3 aromatic carbocycles. The highest BCUT2D eigenvalue weighted by Gasteiger charge is 2.24. The van der Waals surface area contributed by atoms with Crippen molar-refractivity contribution in [3.63, 3.8) is 0 Å². The lowest BCUT2D eigenvalue weighted by Gasteiger charge is -2.22. The van der Waals surface area contributed by atoms with Crippen molar-refractivity contribution in [3.8, 4) is 17.2 Å². The van der Waals surface area contributed by atoms with E-state index in [0.29, 0.717) is 33.2 Å². The number of rotatable bonds is 7. The van der Waals surface area contributed by atoms with E-state index in [-0.39, 0.29) is 11.5 Å². The lowest BCUT2D eigenvalue weighted by molar-refractivity contribution is -0.117. The molecule has 0 aliphatic carbocycles. The molecule has 0 aliphatic rings. The Labute approximate surface area is 201 Å². The Bertz CT molecular complexity index is 1390. The first-order valence-electron chi connectivity index (χ1n) is 10.7. The highest BCUT2D eigenvalue weighted by molar-refractivity contribution is 8.00. The summed E-state index contributed by atoms with van der Waals surface area (Å²) in [6.45, 7) is 1.81. The summed E-state index contributed by atoms with van der Waals surface area (Å²) in [5, 5.41) is 0.343. The Balaban J connectivity index is 1.83. The fraction of sp³-hybridized carbons (Fsp3) is 0.192. The lowest BCUT2D eigenvalue weighted by atomic mass is 10.2. The summed E-state index contributed by atoms with van der Waals surface area (Å²) in [6.07, 6.45) is 0. The highest BCUT2D eigenvalue weighted by Crippen LogP contribution is 2.32. The van der Waals surface area contributed by atoms with Crippen LogP contribution in [0.5, 0.6) is 11.5 Å². The van der Waals surface area contributed by atoms with E-state index < -0.39 is 5.25 Å². The van der Waals surface area contributed by atoms with E-state index in [1.165, 1.54) is 16.3 Å². The molecule has 0 spiro atoms. The lowest BCUT2D eigenvalue weighted by Crippen LogP contribution is -2.34. The Hall–Kier alpha value is -3.78. The van der Waals surface area contributed by atoms with Gasteiger partial charge in [-0.3, -0.25) is 14.2 Å². The molecule has 8 heteroatoms. The SMILES string of the molecule is COc1ccc(OC)c(-n2c(S[C@@H](C)C(=O)N(C)c3ccccc3)nc3ccccc3c2=O)c1. The second kappa shape index (κ2) is 10.0. The van der Waals surface area contributed by atoms with E-state index in [1.807, 2.05) is 36.4 Å². The van der Waals surface area contributed by atoms with Gasteiger partial charge in [-0.1, -0.05) is 42.1 Å². The Kier molecular flexibility index (Phi) is 6.88. The molecular weight excluding hydrogens is 450 g/mol. The number of anilines is 1. The fourth-order valence-electron chi connectivity index (χ4n) is 3.64. The first-order valence-corrected chi connectivity index (χ1v) is 11.6. The van der Waals surface area contributed by atoms with Crippen molar-refractivity contribution in [1.29, 1.82) is 0 Å². The molecule has 0 bridgehead atoms. The van der Waals surface area contributed by atoms with E-state index in [9.17, 15) is 9.59 Å². The third-order valence-electron chi connectivity index (χ3n) is 5.48. The highest BCUT2D eigenvalue weighted by atomic mass is 32.2. The summed E-state index contributed by atoms with van der Waals surface area (Å²) in [7, 11) is 4.84. The number of amides is 1. The monoisotopic (exact) mass is 475 g/mol. The van der Waals surface area contributed by atoms with Crippen LogP contribution in [0.2, 0.25) is 0 Å². The smallest absolute Gasteiger partial charge is 0.266 e. The van der Waals surface area contributed by atoms with Gasteiger partial charge >= 0.3 is 0 Å². The van der Waals surface area contributed by atoms with Gasteiger partial charge in [-0.05, 0) is 43.3 Å². The molecule has 4 aromatic rings. The van der Waals surface area contributed by atoms with Gasteiger partial charge in [0.15, 0.2) is 5.16 Å². The normalized spacial score (nSPS) is 11.8. The number of para-hydroxylation sites is 2. The molecular formula is C26H25N3O4S. The van der Waals surface area contributed by atoms with Crippen LogP contribution in [0.3, 0.4) is 0 Å². The van der Waals surface area contributed by atoms with Crippen molar-refractivity contribution < 1.29 is 14.3 Å². The first kappa shape index (κ1) is 23.4.